The molecule has 0 aliphatic carbocycles. The molecule has 3 aliphatic heterocycles. The van der Waals surface area contributed by atoms with Crippen molar-refractivity contribution in [3.05, 3.63) is 51.7 Å². The van der Waals surface area contributed by atoms with Crippen molar-refractivity contribution in [1.82, 2.24) is 19.2 Å². The molecule has 3 aliphatic rings. The molecule has 1 fully saturated rings. The van der Waals surface area contributed by atoms with Crippen LogP contribution in [0.5, 0.6) is 0 Å². The molecular formula is C19H22N4O2. The molecule has 5 rings (SSSR count). The zero-order chi connectivity index (χ0) is 17.0. The third kappa shape index (κ3) is 2.34. The Labute approximate surface area is 146 Å². The molecule has 6 nitrogen and oxygen atoms in total. The quantitative estimate of drug-likeness (QED) is 0.794. The summed E-state index contributed by atoms with van der Waals surface area (Å²) in [5.74, 6) is 0.739. The van der Waals surface area contributed by atoms with Crippen molar-refractivity contribution >= 4 is 5.91 Å². The van der Waals surface area contributed by atoms with Crippen LogP contribution in [0.2, 0.25) is 0 Å². The van der Waals surface area contributed by atoms with Crippen molar-refractivity contribution in [2.75, 3.05) is 13.1 Å². The molecule has 130 valence electrons. The van der Waals surface area contributed by atoms with Gasteiger partial charge in [-0.25, -0.2) is 0 Å². The fraction of sp³-hybridized carbons (Fsp3) is 0.526. The van der Waals surface area contributed by atoms with E-state index in [1.807, 2.05) is 26.3 Å². The number of aromatic nitrogens is 3. The van der Waals surface area contributed by atoms with Crippen LogP contribution in [0.3, 0.4) is 0 Å². The van der Waals surface area contributed by atoms with Gasteiger partial charge in [0.15, 0.2) is 0 Å². The Morgan fingerprint density at radius 3 is 3.00 bits per heavy atom. The fourth-order valence-corrected chi connectivity index (χ4v) is 4.83. The lowest BCUT2D eigenvalue weighted by atomic mass is 9.83. The second-order valence-corrected chi connectivity index (χ2v) is 7.59. The summed E-state index contributed by atoms with van der Waals surface area (Å²) < 4.78 is 3.90. The molecule has 0 radical (unpaired) electrons. The number of nitrogens with zero attached hydrogens (tertiary/aromatic N) is 4. The smallest absolute Gasteiger partial charge is 0.257 e. The Morgan fingerprint density at radius 2 is 2.08 bits per heavy atom. The van der Waals surface area contributed by atoms with Crippen LogP contribution in [0.4, 0.5) is 0 Å². The first-order valence-corrected chi connectivity index (χ1v) is 9.24. The summed E-state index contributed by atoms with van der Waals surface area (Å²) in [5.41, 5.74) is 3.05. The summed E-state index contributed by atoms with van der Waals surface area (Å²) in [4.78, 5) is 27.3. The number of pyridine rings is 1. The molecule has 25 heavy (non-hydrogen) atoms. The molecule has 0 N–H and O–H groups in total. The van der Waals surface area contributed by atoms with Crippen molar-refractivity contribution in [1.29, 1.82) is 0 Å². The van der Waals surface area contributed by atoms with Crippen molar-refractivity contribution < 1.29 is 4.79 Å². The molecule has 5 heterocycles. The van der Waals surface area contributed by atoms with Crippen LogP contribution in [0.1, 0.15) is 46.9 Å². The van der Waals surface area contributed by atoms with Gasteiger partial charge in [0.1, 0.15) is 0 Å². The van der Waals surface area contributed by atoms with E-state index in [1.165, 1.54) is 0 Å². The normalized spacial score (nSPS) is 24.6. The summed E-state index contributed by atoms with van der Waals surface area (Å²) in [6.07, 6.45) is 6.04. The van der Waals surface area contributed by atoms with E-state index in [2.05, 4.69) is 5.10 Å². The third-order valence-corrected chi connectivity index (χ3v) is 5.98. The number of carbonyl (C=O) groups is 1. The van der Waals surface area contributed by atoms with E-state index in [0.717, 1.165) is 62.3 Å². The first kappa shape index (κ1) is 14.9. The molecule has 0 saturated carbocycles. The lowest BCUT2D eigenvalue weighted by Gasteiger charge is -2.42. The molecule has 2 atom stereocenters. The van der Waals surface area contributed by atoms with Gasteiger partial charge in [0.05, 0.1) is 17.5 Å². The zero-order valence-corrected chi connectivity index (χ0v) is 14.2. The van der Waals surface area contributed by atoms with Crippen LogP contribution in [-0.4, -0.2) is 38.2 Å². The second-order valence-electron chi connectivity index (χ2n) is 7.59. The number of likely N-dealkylation sites (tertiary alicyclic amines) is 1. The van der Waals surface area contributed by atoms with Crippen LogP contribution in [0, 0.1) is 5.92 Å². The minimum atomic E-state index is 0.0812. The van der Waals surface area contributed by atoms with Gasteiger partial charge < -0.3 is 9.47 Å². The van der Waals surface area contributed by atoms with Crippen molar-refractivity contribution in [2.24, 2.45) is 5.92 Å². The number of amides is 1. The Kier molecular flexibility index (Phi) is 3.33. The SMILES string of the molecule is O=C(c1cnn2c1CCCC2)N1C[C@H]2C[C@@H](C1)c1cccc(=O)n1C2. The van der Waals surface area contributed by atoms with Gasteiger partial charge in [-0.05, 0) is 37.7 Å². The highest BCUT2D eigenvalue weighted by atomic mass is 16.2. The highest BCUT2D eigenvalue weighted by Crippen LogP contribution is 2.35. The highest BCUT2D eigenvalue weighted by Gasteiger charge is 2.37. The van der Waals surface area contributed by atoms with E-state index in [1.54, 1.807) is 12.3 Å². The van der Waals surface area contributed by atoms with Gasteiger partial charge in [0.2, 0.25) is 0 Å². The zero-order valence-electron chi connectivity index (χ0n) is 14.2. The van der Waals surface area contributed by atoms with Gasteiger partial charge in [-0.1, -0.05) is 6.07 Å². The number of carbonyl (C=O) groups excluding carboxylic acids is 1. The Morgan fingerprint density at radius 1 is 1.16 bits per heavy atom. The van der Waals surface area contributed by atoms with Gasteiger partial charge in [-0.2, -0.15) is 5.10 Å². The van der Waals surface area contributed by atoms with Gasteiger partial charge in [-0.15, -0.1) is 0 Å². The van der Waals surface area contributed by atoms with Crippen LogP contribution in [0.15, 0.2) is 29.2 Å². The largest absolute Gasteiger partial charge is 0.338 e. The number of aryl methyl sites for hydroxylation is 1. The number of piperidine rings is 1. The first-order valence-electron chi connectivity index (χ1n) is 9.24. The molecule has 2 aromatic heterocycles. The van der Waals surface area contributed by atoms with Crippen LogP contribution < -0.4 is 5.56 Å². The first-order chi connectivity index (χ1) is 12.2. The molecule has 1 amide bonds. The van der Waals surface area contributed by atoms with E-state index in [-0.39, 0.29) is 17.4 Å². The molecule has 0 aromatic carbocycles. The van der Waals surface area contributed by atoms with Crippen molar-refractivity contribution in [3.8, 4) is 0 Å². The van der Waals surface area contributed by atoms with Crippen LogP contribution in [0.25, 0.3) is 0 Å². The Balaban J connectivity index is 1.45. The van der Waals surface area contributed by atoms with Gasteiger partial charge >= 0.3 is 0 Å². The summed E-state index contributed by atoms with van der Waals surface area (Å²) in [7, 11) is 0. The number of fused-ring (bicyclic) bond motifs is 5. The monoisotopic (exact) mass is 338 g/mol. The number of rotatable bonds is 1. The highest BCUT2D eigenvalue weighted by molar-refractivity contribution is 5.95. The van der Waals surface area contributed by atoms with Crippen LogP contribution >= 0.6 is 0 Å². The summed E-state index contributed by atoms with van der Waals surface area (Å²) in [5, 5.41) is 4.42. The standard InChI is InChI=1S/C19H22N4O2/c24-18-6-3-5-16-14-8-13(11-22(16)18)10-21(12-14)19(25)15-9-20-23-7-2-1-4-17(15)23/h3,5-6,9,13-14H,1-2,4,7-8,10-12H2/t13-,14+/m1/s1. The molecule has 2 bridgehead atoms. The molecule has 0 unspecified atom stereocenters. The molecular weight excluding hydrogens is 316 g/mol. The molecule has 2 aromatic rings. The minimum Gasteiger partial charge on any atom is -0.338 e. The van der Waals surface area contributed by atoms with Gasteiger partial charge in [0, 0.05) is 43.9 Å². The van der Waals surface area contributed by atoms with E-state index in [0.29, 0.717) is 12.5 Å². The van der Waals surface area contributed by atoms with Crippen molar-refractivity contribution in [3.63, 3.8) is 0 Å². The van der Waals surface area contributed by atoms with Crippen LogP contribution in [-0.2, 0) is 19.5 Å². The number of hydrogen-bond acceptors (Lipinski definition) is 3. The lowest BCUT2D eigenvalue weighted by Crippen LogP contribution is -2.49. The van der Waals surface area contributed by atoms with Gasteiger partial charge in [-0.3, -0.25) is 14.3 Å². The second kappa shape index (κ2) is 5.58. The maximum atomic E-state index is 13.1. The average Bonchev–Trinajstić information content (AvgIpc) is 3.06. The average molecular weight is 338 g/mol. The van der Waals surface area contributed by atoms with Gasteiger partial charge in [0.25, 0.3) is 11.5 Å². The van der Waals surface area contributed by atoms with Crippen molar-refractivity contribution in [2.45, 2.75) is 44.7 Å². The Hall–Kier alpha value is -2.37. The number of hydrogen-bond donors (Lipinski definition) is 0. The molecule has 1 saturated heterocycles. The summed E-state index contributed by atoms with van der Waals surface area (Å²) in [6, 6.07) is 5.51. The predicted molar refractivity (Wildman–Crippen MR) is 92.6 cm³/mol. The maximum absolute atomic E-state index is 13.1. The van der Waals surface area contributed by atoms with E-state index in [4.69, 9.17) is 0 Å². The summed E-state index contributed by atoms with van der Waals surface area (Å²) >= 11 is 0. The lowest BCUT2D eigenvalue weighted by molar-refractivity contribution is 0.0593. The maximum Gasteiger partial charge on any atom is 0.257 e. The Bertz CT molecular complexity index is 897. The fourth-order valence-electron chi connectivity index (χ4n) is 4.83. The molecule has 0 spiro atoms. The summed E-state index contributed by atoms with van der Waals surface area (Å²) in [6.45, 7) is 3.08. The van der Waals surface area contributed by atoms with E-state index < -0.39 is 0 Å². The predicted octanol–water partition coefficient (Wildman–Crippen LogP) is 1.64. The molecule has 6 heteroatoms. The third-order valence-electron chi connectivity index (χ3n) is 5.98. The van der Waals surface area contributed by atoms with E-state index >= 15 is 0 Å². The minimum absolute atomic E-state index is 0.0812. The topological polar surface area (TPSA) is 60.1 Å². The van der Waals surface area contributed by atoms with E-state index in [9.17, 15) is 9.59 Å².